The highest BCUT2D eigenvalue weighted by Gasteiger charge is 2.00. The molecule has 0 atom stereocenters. The van der Waals surface area contributed by atoms with E-state index in [-0.39, 0.29) is 0 Å². The fraction of sp³-hybridized carbons (Fsp3) is 0.100. The third kappa shape index (κ3) is 2.17. The van der Waals surface area contributed by atoms with Gasteiger partial charge in [0.25, 0.3) is 5.91 Å². The third-order valence-electron chi connectivity index (χ3n) is 1.75. The van der Waals surface area contributed by atoms with Gasteiger partial charge in [-0.3, -0.25) is 4.79 Å². The number of carbonyl (C=O) groups is 1. The highest BCUT2D eigenvalue weighted by Crippen LogP contribution is 2.20. The van der Waals surface area contributed by atoms with Crippen molar-refractivity contribution in [2.75, 3.05) is 11.5 Å². The summed E-state index contributed by atoms with van der Waals surface area (Å²) in [5, 5.41) is 0. The van der Waals surface area contributed by atoms with Gasteiger partial charge in [0.2, 0.25) is 0 Å². The molecule has 0 fully saturated rings. The second-order valence-electron chi connectivity index (χ2n) is 2.91. The number of aryl methyl sites for hydroxylation is 1. The summed E-state index contributed by atoms with van der Waals surface area (Å²) in [5.41, 5.74) is 18.6. The van der Waals surface area contributed by atoms with Crippen LogP contribution in [0.1, 0.15) is 11.1 Å². The Hall–Kier alpha value is -2.15. The van der Waals surface area contributed by atoms with Gasteiger partial charge in [0.05, 0.1) is 11.4 Å². The molecule has 0 aliphatic rings. The van der Waals surface area contributed by atoms with Crippen molar-refractivity contribution in [3.63, 3.8) is 0 Å². The van der Waals surface area contributed by atoms with Gasteiger partial charge in [-0.2, -0.15) is 0 Å². The maximum absolute atomic E-state index is 10.4. The molecular formula is C10H11N3O. The van der Waals surface area contributed by atoms with Gasteiger partial charge in [-0.25, -0.2) is 0 Å². The van der Waals surface area contributed by atoms with E-state index < -0.39 is 5.91 Å². The van der Waals surface area contributed by atoms with Gasteiger partial charge in [-0.05, 0) is 30.5 Å². The van der Waals surface area contributed by atoms with Crippen molar-refractivity contribution < 1.29 is 4.79 Å². The molecule has 0 unspecified atom stereocenters. The molecule has 1 aromatic rings. The van der Waals surface area contributed by atoms with Gasteiger partial charge in [0.15, 0.2) is 0 Å². The van der Waals surface area contributed by atoms with Crippen LogP contribution in [0, 0.1) is 18.8 Å². The topological polar surface area (TPSA) is 95.1 Å². The first-order chi connectivity index (χ1) is 6.50. The van der Waals surface area contributed by atoms with Crippen LogP contribution in [0.5, 0.6) is 0 Å². The molecule has 0 bridgehead atoms. The van der Waals surface area contributed by atoms with E-state index in [1.165, 1.54) is 0 Å². The smallest absolute Gasteiger partial charge is 0.293 e. The lowest BCUT2D eigenvalue weighted by Gasteiger charge is -2.04. The number of rotatable bonds is 0. The van der Waals surface area contributed by atoms with Crippen molar-refractivity contribution in [3.8, 4) is 11.8 Å². The van der Waals surface area contributed by atoms with E-state index in [4.69, 9.17) is 17.2 Å². The lowest BCUT2D eigenvalue weighted by Crippen LogP contribution is -2.06. The molecule has 1 rings (SSSR count). The molecule has 72 valence electrons. The molecule has 1 amide bonds. The van der Waals surface area contributed by atoms with E-state index in [0.717, 1.165) is 5.56 Å². The van der Waals surface area contributed by atoms with Crippen molar-refractivity contribution in [1.82, 2.24) is 0 Å². The molecule has 4 heteroatoms. The molecule has 0 aliphatic carbocycles. The van der Waals surface area contributed by atoms with Crippen molar-refractivity contribution in [3.05, 3.63) is 23.3 Å². The van der Waals surface area contributed by atoms with E-state index in [2.05, 4.69) is 11.8 Å². The van der Waals surface area contributed by atoms with Crippen LogP contribution in [-0.4, -0.2) is 5.91 Å². The van der Waals surface area contributed by atoms with Gasteiger partial charge >= 0.3 is 0 Å². The van der Waals surface area contributed by atoms with E-state index >= 15 is 0 Å². The summed E-state index contributed by atoms with van der Waals surface area (Å²) in [6, 6.07) is 3.36. The Labute approximate surface area is 82.1 Å². The minimum Gasteiger partial charge on any atom is -0.397 e. The van der Waals surface area contributed by atoms with Crippen LogP contribution in [0.4, 0.5) is 11.4 Å². The summed E-state index contributed by atoms with van der Waals surface area (Å²) in [6.45, 7) is 1.82. The first kappa shape index (κ1) is 9.93. The zero-order chi connectivity index (χ0) is 10.7. The largest absolute Gasteiger partial charge is 0.397 e. The minimum absolute atomic E-state index is 0.457. The standard InChI is InChI=1S/C10H11N3O/c1-6-4-7(2-3-9(12)14)5-8(11)10(6)13/h4-5H,11,13H2,1H3,(H2,12,14). The summed E-state index contributed by atoms with van der Waals surface area (Å²) in [7, 11) is 0. The Morgan fingerprint density at radius 1 is 1.36 bits per heavy atom. The molecule has 0 saturated heterocycles. The molecule has 0 heterocycles. The van der Waals surface area contributed by atoms with Crippen LogP contribution >= 0.6 is 0 Å². The maximum Gasteiger partial charge on any atom is 0.293 e. The van der Waals surface area contributed by atoms with E-state index in [9.17, 15) is 4.79 Å². The van der Waals surface area contributed by atoms with Gasteiger partial charge in [0.1, 0.15) is 0 Å². The Morgan fingerprint density at radius 2 is 2.00 bits per heavy atom. The van der Waals surface area contributed by atoms with Crippen LogP contribution < -0.4 is 17.2 Å². The number of hydrogen-bond acceptors (Lipinski definition) is 3. The number of benzene rings is 1. The average Bonchev–Trinajstić information content (AvgIpc) is 2.10. The van der Waals surface area contributed by atoms with Crippen LogP contribution in [0.25, 0.3) is 0 Å². The van der Waals surface area contributed by atoms with Gasteiger partial charge in [0, 0.05) is 5.56 Å². The summed E-state index contributed by atoms with van der Waals surface area (Å²) in [6.07, 6.45) is 0. The fourth-order valence-corrected chi connectivity index (χ4v) is 1.03. The van der Waals surface area contributed by atoms with Gasteiger partial charge < -0.3 is 17.2 Å². The SMILES string of the molecule is Cc1cc(C#CC(N)=O)cc(N)c1N. The summed E-state index contributed by atoms with van der Waals surface area (Å²) >= 11 is 0. The quantitative estimate of drug-likeness (QED) is 0.396. The fourth-order valence-electron chi connectivity index (χ4n) is 1.03. The van der Waals surface area contributed by atoms with E-state index in [1.807, 2.05) is 6.92 Å². The van der Waals surface area contributed by atoms with Gasteiger partial charge in [-0.1, -0.05) is 5.92 Å². The van der Waals surface area contributed by atoms with Crippen molar-refractivity contribution in [2.24, 2.45) is 5.73 Å². The predicted octanol–water partition coefficient (Wildman–Crippen LogP) is -0.00378. The number of amides is 1. The number of nitrogen functional groups attached to an aromatic ring is 2. The number of anilines is 2. The highest BCUT2D eigenvalue weighted by atomic mass is 16.1. The molecule has 1 aromatic carbocycles. The van der Waals surface area contributed by atoms with Crippen molar-refractivity contribution in [1.29, 1.82) is 0 Å². The van der Waals surface area contributed by atoms with Crippen LogP contribution in [-0.2, 0) is 4.79 Å². The Kier molecular flexibility index (Phi) is 2.63. The Balaban J connectivity index is 3.15. The predicted molar refractivity (Wildman–Crippen MR) is 56.1 cm³/mol. The van der Waals surface area contributed by atoms with Crippen molar-refractivity contribution in [2.45, 2.75) is 6.92 Å². The number of hydrogen-bond donors (Lipinski definition) is 3. The average molecular weight is 189 g/mol. The highest BCUT2D eigenvalue weighted by molar-refractivity contribution is 5.92. The number of nitrogens with two attached hydrogens (primary N) is 3. The molecule has 0 spiro atoms. The summed E-state index contributed by atoms with van der Waals surface area (Å²) in [5.74, 6) is 4.15. The zero-order valence-electron chi connectivity index (χ0n) is 7.79. The van der Waals surface area contributed by atoms with Crippen LogP contribution in [0.3, 0.4) is 0 Å². The Bertz CT molecular complexity index is 417. The molecule has 14 heavy (non-hydrogen) atoms. The molecule has 0 aromatic heterocycles. The summed E-state index contributed by atoms with van der Waals surface area (Å²) < 4.78 is 0. The molecular weight excluding hydrogens is 178 g/mol. The lowest BCUT2D eigenvalue weighted by atomic mass is 10.1. The van der Waals surface area contributed by atoms with E-state index in [1.54, 1.807) is 12.1 Å². The first-order valence-electron chi connectivity index (χ1n) is 3.97. The van der Waals surface area contributed by atoms with Crippen LogP contribution in [0.2, 0.25) is 0 Å². The molecule has 0 aliphatic heterocycles. The van der Waals surface area contributed by atoms with Crippen LogP contribution in [0.15, 0.2) is 12.1 Å². The van der Waals surface area contributed by atoms with Crippen molar-refractivity contribution >= 4 is 17.3 Å². The lowest BCUT2D eigenvalue weighted by molar-refractivity contribution is -0.112. The zero-order valence-corrected chi connectivity index (χ0v) is 7.79. The maximum atomic E-state index is 10.4. The first-order valence-corrected chi connectivity index (χ1v) is 3.97. The second-order valence-corrected chi connectivity index (χ2v) is 2.91. The van der Waals surface area contributed by atoms with E-state index in [0.29, 0.717) is 16.9 Å². The minimum atomic E-state index is -0.668. The number of primary amides is 1. The third-order valence-corrected chi connectivity index (χ3v) is 1.75. The molecule has 0 radical (unpaired) electrons. The monoisotopic (exact) mass is 189 g/mol. The molecule has 0 saturated carbocycles. The normalized spacial score (nSPS) is 8.93. The second kappa shape index (κ2) is 3.71. The Morgan fingerprint density at radius 3 is 2.50 bits per heavy atom. The van der Waals surface area contributed by atoms with Gasteiger partial charge in [-0.15, -0.1) is 0 Å². The summed E-state index contributed by atoms with van der Waals surface area (Å²) in [4.78, 5) is 10.4. The molecule has 6 N–H and O–H groups in total. The number of carbonyl (C=O) groups excluding carboxylic acids is 1. The molecule has 4 nitrogen and oxygen atoms in total.